The molecule has 0 radical (unpaired) electrons. The number of nitrogens with two attached hydrogens (primary N) is 1. The van der Waals surface area contributed by atoms with Gasteiger partial charge in [-0.25, -0.2) is 0 Å². The Morgan fingerprint density at radius 3 is 2.38 bits per heavy atom. The van der Waals surface area contributed by atoms with Crippen molar-refractivity contribution in [3.63, 3.8) is 0 Å². The molecule has 1 heterocycles. The summed E-state index contributed by atoms with van der Waals surface area (Å²) in [4.78, 5) is 20.3. The van der Waals surface area contributed by atoms with E-state index in [0.717, 1.165) is 25.8 Å². The number of carbonyl (C=O) groups excluding carboxylic acids is 2. The van der Waals surface area contributed by atoms with Crippen molar-refractivity contribution >= 4 is 11.8 Å². The minimum atomic E-state index is -0.206. The molecule has 0 saturated carbocycles. The van der Waals surface area contributed by atoms with Crippen molar-refractivity contribution in [2.75, 3.05) is 6.54 Å². The Balaban J connectivity index is 0.000000223. The van der Waals surface area contributed by atoms with Gasteiger partial charge in [-0.05, 0) is 12.8 Å². The molecule has 4 heteroatoms. The molecule has 2 amide bonds. The highest BCUT2D eigenvalue weighted by atomic mass is 16.2. The zero-order valence-corrected chi connectivity index (χ0v) is 8.30. The van der Waals surface area contributed by atoms with Crippen LogP contribution in [0.5, 0.6) is 0 Å². The Bertz CT molecular complexity index is 172. The van der Waals surface area contributed by atoms with Gasteiger partial charge in [0.2, 0.25) is 11.8 Å². The van der Waals surface area contributed by atoms with Crippen LogP contribution in [0.1, 0.15) is 33.1 Å². The van der Waals surface area contributed by atoms with Gasteiger partial charge in [-0.2, -0.15) is 0 Å². The third-order valence-electron chi connectivity index (χ3n) is 2.00. The zero-order valence-electron chi connectivity index (χ0n) is 8.30. The second-order valence-electron chi connectivity index (χ2n) is 3.17. The first-order chi connectivity index (χ1) is 6.07. The van der Waals surface area contributed by atoms with Crippen LogP contribution in [0.2, 0.25) is 0 Å². The molecule has 0 aromatic heterocycles. The van der Waals surface area contributed by atoms with Crippen molar-refractivity contribution in [1.82, 2.24) is 5.32 Å². The lowest BCUT2D eigenvalue weighted by Crippen LogP contribution is -2.19. The van der Waals surface area contributed by atoms with Crippen LogP contribution in [0, 0.1) is 5.92 Å². The fraction of sp³-hybridized carbons (Fsp3) is 0.778. The van der Waals surface area contributed by atoms with E-state index in [1.165, 1.54) is 0 Å². The fourth-order valence-electron chi connectivity index (χ4n) is 0.766. The molecule has 0 spiro atoms. The molecule has 1 aliphatic heterocycles. The van der Waals surface area contributed by atoms with Gasteiger partial charge >= 0.3 is 0 Å². The first-order valence-electron chi connectivity index (χ1n) is 4.64. The second kappa shape index (κ2) is 6.46. The largest absolute Gasteiger partial charge is 0.369 e. The van der Waals surface area contributed by atoms with Gasteiger partial charge in [-0.3, -0.25) is 9.59 Å². The van der Waals surface area contributed by atoms with Crippen LogP contribution in [-0.2, 0) is 9.59 Å². The second-order valence-corrected chi connectivity index (χ2v) is 3.17. The van der Waals surface area contributed by atoms with Crippen LogP contribution in [0.3, 0.4) is 0 Å². The lowest BCUT2D eigenvalue weighted by atomic mass is 10.1. The molecule has 3 N–H and O–H groups in total. The topological polar surface area (TPSA) is 72.2 Å². The van der Waals surface area contributed by atoms with Crippen LogP contribution in [0.4, 0.5) is 0 Å². The normalized spacial score (nSPS) is 16.9. The average Bonchev–Trinajstić information content (AvgIpc) is 2.55. The summed E-state index contributed by atoms with van der Waals surface area (Å²) >= 11 is 0. The first-order valence-corrected chi connectivity index (χ1v) is 4.64. The van der Waals surface area contributed by atoms with E-state index in [-0.39, 0.29) is 17.7 Å². The predicted octanol–water partition coefficient (Wildman–Crippen LogP) is 0.414. The van der Waals surface area contributed by atoms with E-state index in [2.05, 4.69) is 5.32 Å². The van der Waals surface area contributed by atoms with Crippen molar-refractivity contribution in [2.45, 2.75) is 33.1 Å². The van der Waals surface area contributed by atoms with E-state index < -0.39 is 0 Å². The molecule has 1 atom stereocenters. The van der Waals surface area contributed by atoms with Crippen molar-refractivity contribution in [2.24, 2.45) is 11.7 Å². The van der Waals surface area contributed by atoms with Crippen LogP contribution in [0.25, 0.3) is 0 Å². The highest BCUT2D eigenvalue weighted by Crippen LogP contribution is 1.96. The molecule has 4 nitrogen and oxygen atoms in total. The van der Waals surface area contributed by atoms with Crippen molar-refractivity contribution < 1.29 is 9.59 Å². The molecular formula is C9H18N2O2. The number of carbonyl (C=O) groups is 2. The molecule has 1 rings (SSSR count). The van der Waals surface area contributed by atoms with E-state index >= 15 is 0 Å². The van der Waals surface area contributed by atoms with Gasteiger partial charge in [0.15, 0.2) is 0 Å². The van der Waals surface area contributed by atoms with Gasteiger partial charge in [0, 0.05) is 18.9 Å². The predicted molar refractivity (Wildman–Crippen MR) is 50.9 cm³/mol. The number of hydrogen-bond donors (Lipinski definition) is 2. The third kappa shape index (κ3) is 6.13. The standard InChI is InChI=1S/C5H11NO.C4H7NO/c1-3-4(2)5(6)7;6-4-2-1-3-5-4/h4H,3H2,1-2H3,(H2,6,7);1-3H2,(H,5,6). The Morgan fingerprint density at radius 1 is 1.69 bits per heavy atom. The van der Waals surface area contributed by atoms with Crippen LogP contribution >= 0.6 is 0 Å². The summed E-state index contributed by atoms with van der Waals surface area (Å²) in [5, 5.41) is 2.68. The quantitative estimate of drug-likeness (QED) is 0.655. The van der Waals surface area contributed by atoms with Crippen molar-refractivity contribution in [3.05, 3.63) is 0 Å². The zero-order chi connectivity index (χ0) is 10.3. The number of primary amides is 1. The van der Waals surface area contributed by atoms with Gasteiger partial charge in [-0.1, -0.05) is 13.8 Å². The van der Waals surface area contributed by atoms with Crippen LogP contribution < -0.4 is 11.1 Å². The third-order valence-corrected chi connectivity index (χ3v) is 2.00. The van der Waals surface area contributed by atoms with Gasteiger partial charge < -0.3 is 11.1 Å². The fourth-order valence-corrected chi connectivity index (χ4v) is 0.766. The summed E-state index contributed by atoms with van der Waals surface area (Å²) in [5.41, 5.74) is 4.91. The van der Waals surface area contributed by atoms with E-state index in [1.54, 1.807) is 0 Å². The van der Waals surface area contributed by atoms with Crippen molar-refractivity contribution in [1.29, 1.82) is 0 Å². The maximum Gasteiger partial charge on any atom is 0.220 e. The lowest BCUT2D eigenvalue weighted by Gasteiger charge is -1.98. The van der Waals surface area contributed by atoms with Gasteiger partial charge in [0.1, 0.15) is 0 Å². The highest BCUT2D eigenvalue weighted by molar-refractivity contribution is 5.77. The molecular weight excluding hydrogens is 168 g/mol. The molecule has 76 valence electrons. The molecule has 13 heavy (non-hydrogen) atoms. The van der Waals surface area contributed by atoms with Crippen molar-refractivity contribution in [3.8, 4) is 0 Å². The van der Waals surface area contributed by atoms with E-state index in [9.17, 15) is 9.59 Å². The number of nitrogens with one attached hydrogen (secondary N) is 1. The average molecular weight is 186 g/mol. The molecule has 0 bridgehead atoms. The van der Waals surface area contributed by atoms with E-state index in [4.69, 9.17) is 5.73 Å². The molecule has 1 fully saturated rings. The first kappa shape index (κ1) is 11.9. The SMILES string of the molecule is CCC(C)C(N)=O.O=C1CCCN1. The summed E-state index contributed by atoms with van der Waals surface area (Å²) in [6.07, 6.45) is 2.61. The smallest absolute Gasteiger partial charge is 0.220 e. The molecule has 1 unspecified atom stereocenters. The minimum Gasteiger partial charge on any atom is -0.369 e. The maximum absolute atomic E-state index is 10.2. The summed E-state index contributed by atoms with van der Waals surface area (Å²) in [5.74, 6) is 0.0394. The molecule has 1 aliphatic rings. The van der Waals surface area contributed by atoms with Gasteiger partial charge in [0.25, 0.3) is 0 Å². The summed E-state index contributed by atoms with van der Waals surface area (Å²) in [6, 6.07) is 0. The summed E-state index contributed by atoms with van der Waals surface area (Å²) < 4.78 is 0. The minimum absolute atomic E-state index is 0.0417. The van der Waals surface area contributed by atoms with Gasteiger partial charge in [0.05, 0.1) is 0 Å². The number of hydrogen-bond acceptors (Lipinski definition) is 2. The summed E-state index contributed by atoms with van der Waals surface area (Å²) in [7, 11) is 0. The molecule has 0 aromatic carbocycles. The Morgan fingerprint density at radius 2 is 2.31 bits per heavy atom. The Labute approximate surface area is 78.9 Å². The van der Waals surface area contributed by atoms with E-state index in [0.29, 0.717) is 0 Å². The van der Waals surface area contributed by atoms with E-state index in [1.807, 2.05) is 13.8 Å². The highest BCUT2D eigenvalue weighted by Gasteiger charge is 2.05. The van der Waals surface area contributed by atoms with Crippen LogP contribution in [-0.4, -0.2) is 18.4 Å². The van der Waals surface area contributed by atoms with Crippen LogP contribution in [0.15, 0.2) is 0 Å². The monoisotopic (exact) mass is 186 g/mol. The maximum atomic E-state index is 10.2. The Hall–Kier alpha value is -1.06. The lowest BCUT2D eigenvalue weighted by molar-refractivity contribution is -0.121. The summed E-state index contributed by atoms with van der Waals surface area (Å²) in [6.45, 7) is 4.65. The molecule has 0 aliphatic carbocycles. The molecule has 0 aromatic rings. The molecule has 1 saturated heterocycles. The number of amides is 2. The number of rotatable bonds is 2. The van der Waals surface area contributed by atoms with Gasteiger partial charge in [-0.15, -0.1) is 0 Å². The Kier molecular flexibility index (Phi) is 5.93.